The van der Waals surface area contributed by atoms with Crippen molar-refractivity contribution in [1.82, 2.24) is 9.61 Å². The third kappa shape index (κ3) is 1.63. The first-order chi connectivity index (χ1) is 8.19. The van der Waals surface area contributed by atoms with Crippen molar-refractivity contribution in [3.05, 3.63) is 29.5 Å². The Bertz CT molecular complexity index is 599. The van der Waals surface area contributed by atoms with Gasteiger partial charge < -0.3 is 9.84 Å². The van der Waals surface area contributed by atoms with Crippen LogP contribution >= 0.6 is 0 Å². The Balaban J connectivity index is 2.21. The summed E-state index contributed by atoms with van der Waals surface area (Å²) in [5.74, 6) is 0.0275. The van der Waals surface area contributed by atoms with Gasteiger partial charge in [0.25, 0.3) is 0 Å². The second-order valence-corrected chi connectivity index (χ2v) is 4.27. The third-order valence-electron chi connectivity index (χ3n) is 3.00. The lowest BCUT2D eigenvalue weighted by atomic mass is 10.2. The molecule has 88 valence electrons. The zero-order chi connectivity index (χ0) is 12.0. The molecule has 0 aliphatic heterocycles. The molecule has 0 aromatic carbocycles. The number of carboxylic acids is 1. The van der Waals surface area contributed by atoms with Gasteiger partial charge >= 0.3 is 5.97 Å². The lowest BCUT2D eigenvalue weighted by Gasteiger charge is -2.04. The number of fused-ring (bicyclic) bond motifs is 1. The number of carbonyl (C=O) groups is 1. The van der Waals surface area contributed by atoms with Crippen LogP contribution in [0.5, 0.6) is 5.88 Å². The van der Waals surface area contributed by atoms with Crippen molar-refractivity contribution in [2.45, 2.75) is 18.8 Å². The van der Waals surface area contributed by atoms with E-state index in [0.29, 0.717) is 11.8 Å². The van der Waals surface area contributed by atoms with Crippen molar-refractivity contribution in [2.24, 2.45) is 0 Å². The quantitative estimate of drug-likeness (QED) is 0.878. The van der Waals surface area contributed by atoms with Crippen LogP contribution in [0.15, 0.2) is 18.2 Å². The van der Waals surface area contributed by atoms with Gasteiger partial charge in [0.15, 0.2) is 0 Å². The van der Waals surface area contributed by atoms with Crippen LogP contribution in [0.4, 0.5) is 0 Å². The normalized spacial score (nSPS) is 15.1. The molecular weight excluding hydrogens is 220 g/mol. The van der Waals surface area contributed by atoms with Crippen LogP contribution in [-0.2, 0) is 0 Å². The average Bonchev–Trinajstić information content (AvgIpc) is 3.07. The summed E-state index contributed by atoms with van der Waals surface area (Å²) in [6, 6.07) is 5.04. The van der Waals surface area contributed by atoms with Crippen molar-refractivity contribution in [3.63, 3.8) is 0 Å². The summed E-state index contributed by atoms with van der Waals surface area (Å²) in [6.45, 7) is 0. The summed E-state index contributed by atoms with van der Waals surface area (Å²) < 4.78 is 6.82. The number of carboxylic acid groups (broad SMARTS) is 1. The molecule has 1 aliphatic carbocycles. The highest BCUT2D eigenvalue weighted by Gasteiger charge is 2.27. The van der Waals surface area contributed by atoms with Gasteiger partial charge in [-0.05, 0) is 25.0 Å². The molecule has 1 N–H and O–H groups in total. The van der Waals surface area contributed by atoms with Crippen LogP contribution in [-0.4, -0.2) is 27.8 Å². The highest BCUT2D eigenvalue weighted by Crippen LogP contribution is 2.40. The zero-order valence-electron chi connectivity index (χ0n) is 9.38. The topological polar surface area (TPSA) is 63.8 Å². The summed E-state index contributed by atoms with van der Waals surface area (Å²) in [6.07, 6.45) is 2.33. The molecule has 2 aromatic heterocycles. The number of pyridine rings is 1. The minimum atomic E-state index is -0.958. The zero-order valence-corrected chi connectivity index (χ0v) is 9.38. The number of nitrogens with zero attached hydrogens (tertiary/aromatic N) is 2. The Hall–Kier alpha value is -2.04. The number of ether oxygens (including phenoxy) is 1. The van der Waals surface area contributed by atoms with Gasteiger partial charge in [-0.1, -0.05) is 0 Å². The summed E-state index contributed by atoms with van der Waals surface area (Å²) in [4.78, 5) is 11.0. The van der Waals surface area contributed by atoms with Gasteiger partial charge in [0.2, 0.25) is 5.88 Å². The molecule has 5 heteroatoms. The standard InChI is InChI=1S/C12H12N2O3/c1-17-11-5-8(12(15)16)4-9-6-10(7-2-3-7)13-14(9)11/h4-7H,2-3H2,1H3,(H,15,16). The third-order valence-corrected chi connectivity index (χ3v) is 3.00. The molecule has 3 rings (SSSR count). The van der Waals surface area contributed by atoms with E-state index in [0.717, 1.165) is 24.1 Å². The number of rotatable bonds is 3. The fourth-order valence-electron chi connectivity index (χ4n) is 1.94. The minimum Gasteiger partial charge on any atom is -0.481 e. The van der Waals surface area contributed by atoms with Crippen molar-refractivity contribution in [1.29, 1.82) is 0 Å². The van der Waals surface area contributed by atoms with E-state index in [4.69, 9.17) is 9.84 Å². The van der Waals surface area contributed by atoms with Gasteiger partial charge in [-0.25, -0.2) is 9.31 Å². The number of aromatic nitrogens is 2. The van der Waals surface area contributed by atoms with Gasteiger partial charge in [-0.3, -0.25) is 0 Å². The molecule has 1 fully saturated rings. The predicted octanol–water partition coefficient (Wildman–Crippen LogP) is 1.92. The molecule has 0 atom stereocenters. The molecule has 0 radical (unpaired) electrons. The van der Waals surface area contributed by atoms with E-state index in [-0.39, 0.29) is 5.56 Å². The van der Waals surface area contributed by atoms with E-state index in [9.17, 15) is 4.79 Å². The summed E-state index contributed by atoms with van der Waals surface area (Å²) >= 11 is 0. The molecule has 0 bridgehead atoms. The Morgan fingerprint density at radius 3 is 2.82 bits per heavy atom. The smallest absolute Gasteiger partial charge is 0.335 e. The molecule has 5 nitrogen and oxygen atoms in total. The van der Waals surface area contributed by atoms with Crippen LogP contribution in [0, 0.1) is 0 Å². The second-order valence-electron chi connectivity index (χ2n) is 4.27. The fraction of sp³-hybridized carbons (Fsp3) is 0.333. The molecule has 17 heavy (non-hydrogen) atoms. The van der Waals surface area contributed by atoms with Crippen molar-refractivity contribution >= 4 is 11.5 Å². The lowest BCUT2D eigenvalue weighted by molar-refractivity contribution is 0.0696. The molecule has 0 saturated heterocycles. The number of methoxy groups -OCH3 is 1. The second kappa shape index (κ2) is 3.48. The summed E-state index contributed by atoms with van der Waals surface area (Å²) in [7, 11) is 1.51. The number of hydrogen-bond donors (Lipinski definition) is 1. The van der Waals surface area contributed by atoms with E-state index in [1.165, 1.54) is 13.2 Å². The van der Waals surface area contributed by atoms with Crippen molar-refractivity contribution < 1.29 is 14.6 Å². The first-order valence-electron chi connectivity index (χ1n) is 5.50. The number of hydrogen-bond acceptors (Lipinski definition) is 3. The largest absolute Gasteiger partial charge is 0.481 e. The lowest BCUT2D eigenvalue weighted by Crippen LogP contribution is -2.02. The van der Waals surface area contributed by atoms with Gasteiger partial charge in [-0.15, -0.1) is 0 Å². The predicted molar refractivity (Wildman–Crippen MR) is 60.7 cm³/mol. The molecule has 0 spiro atoms. The molecule has 0 amide bonds. The van der Waals surface area contributed by atoms with E-state index < -0.39 is 5.97 Å². The van der Waals surface area contributed by atoms with E-state index >= 15 is 0 Å². The van der Waals surface area contributed by atoms with Crippen LogP contribution in [0.3, 0.4) is 0 Å². The van der Waals surface area contributed by atoms with E-state index in [1.807, 2.05) is 6.07 Å². The molecule has 2 aromatic rings. The fourth-order valence-corrected chi connectivity index (χ4v) is 1.94. The molecule has 1 aliphatic rings. The van der Waals surface area contributed by atoms with Crippen LogP contribution in [0.25, 0.3) is 5.52 Å². The molecule has 2 heterocycles. The first kappa shape index (κ1) is 10.1. The van der Waals surface area contributed by atoms with Crippen molar-refractivity contribution in [2.75, 3.05) is 7.11 Å². The van der Waals surface area contributed by atoms with E-state index in [2.05, 4.69) is 5.10 Å². The first-order valence-corrected chi connectivity index (χ1v) is 5.50. The summed E-state index contributed by atoms with van der Waals surface area (Å²) in [5.41, 5.74) is 2.01. The SMILES string of the molecule is COc1cc(C(=O)O)cc2cc(C3CC3)nn12. The average molecular weight is 232 g/mol. The van der Waals surface area contributed by atoms with Crippen molar-refractivity contribution in [3.8, 4) is 5.88 Å². The maximum Gasteiger partial charge on any atom is 0.335 e. The van der Waals surface area contributed by atoms with Crippen LogP contribution < -0.4 is 4.74 Å². The van der Waals surface area contributed by atoms with Gasteiger partial charge in [0, 0.05) is 12.0 Å². The molecule has 1 saturated carbocycles. The maximum absolute atomic E-state index is 11.0. The Morgan fingerprint density at radius 2 is 2.24 bits per heavy atom. The Morgan fingerprint density at radius 1 is 1.47 bits per heavy atom. The van der Waals surface area contributed by atoms with E-state index in [1.54, 1.807) is 10.6 Å². The highest BCUT2D eigenvalue weighted by molar-refractivity contribution is 5.89. The van der Waals surface area contributed by atoms with Crippen LogP contribution in [0.2, 0.25) is 0 Å². The minimum absolute atomic E-state index is 0.219. The molecule has 0 unspecified atom stereocenters. The Kier molecular flexibility index (Phi) is 2.07. The highest BCUT2D eigenvalue weighted by atomic mass is 16.5. The van der Waals surface area contributed by atoms with Gasteiger partial charge in [0.1, 0.15) is 0 Å². The maximum atomic E-state index is 11.0. The number of aromatic carboxylic acids is 1. The van der Waals surface area contributed by atoms with Crippen LogP contribution in [0.1, 0.15) is 34.8 Å². The van der Waals surface area contributed by atoms with Gasteiger partial charge in [-0.2, -0.15) is 5.10 Å². The van der Waals surface area contributed by atoms with Gasteiger partial charge in [0.05, 0.1) is 23.9 Å². The monoisotopic (exact) mass is 232 g/mol. The molecular formula is C12H12N2O3. The Labute approximate surface area is 97.6 Å². The summed E-state index contributed by atoms with van der Waals surface area (Å²) in [5, 5.41) is 13.5.